The number of benzene rings is 2. The maximum atomic E-state index is 13.1. The van der Waals surface area contributed by atoms with Crippen molar-refractivity contribution >= 4 is 34.6 Å². The van der Waals surface area contributed by atoms with Gasteiger partial charge in [-0.05, 0) is 42.8 Å². The van der Waals surface area contributed by atoms with Crippen LogP contribution in [0, 0.1) is 11.8 Å². The molecule has 0 fully saturated rings. The first kappa shape index (κ1) is 19.6. The van der Waals surface area contributed by atoms with Crippen molar-refractivity contribution in [1.82, 2.24) is 0 Å². The Morgan fingerprint density at radius 1 is 1.11 bits per heavy atom. The van der Waals surface area contributed by atoms with Crippen LogP contribution in [0.25, 0.3) is 6.08 Å². The van der Waals surface area contributed by atoms with E-state index < -0.39 is 0 Å². The fourth-order valence-electron chi connectivity index (χ4n) is 2.60. The van der Waals surface area contributed by atoms with Crippen molar-refractivity contribution in [2.45, 2.75) is 6.92 Å². The summed E-state index contributed by atoms with van der Waals surface area (Å²) in [4.78, 5) is 19.3. The van der Waals surface area contributed by atoms with E-state index in [1.807, 2.05) is 48.5 Å². The van der Waals surface area contributed by atoms with Gasteiger partial charge in [0.1, 0.15) is 17.2 Å². The fraction of sp³-hybridized carbons (Fsp3) is 0.182. The predicted octanol–water partition coefficient (Wildman–Crippen LogP) is 4.20. The summed E-state index contributed by atoms with van der Waals surface area (Å²) >= 11 is 1.43. The molecule has 142 valence electrons. The van der Waals surface area contributed by atoms with Crippen LogP contribution in [-0.2, 0) is 4.79 Å². The van der Waals surface area contributed by atoms with Gasteiger partial charge in [-0.25, -0.2) is 4.99 Å². The molecule has 0 atom stereocenters. The Morgan fingerprint density at radius 3 is 2.54 bits per heavy atom. The van der Waals surface area contributed by atoms with Crippen molar-refractivity contribution < 1.29 is 14.3 Å². The molecule has 3 rings (SSSR count). The van der Waals surface area contributed by atoms with Crippen LogP contribution >= 0.6 is 11.8 Å². The van der Waals surface area contributed by atoms with Crippen molar-refractivity contribution in [3.05, 3.63) is 59.8 Å². The average molecular weight is 392 g/mol. The molecule has 1 aliphatic heterocycles. The molecule has 0 N–H and O–H groups in total. The summed E-state index contributed by atoms with van der Waals surface area (Å²) in [6.45, 7) is 1.79. The molecule has 0 saturated heterocycles. The number of nitrogens with zero attached hydrogens (tertiary/aromatic N) is 2. The number of carbonyl (C=O) groups excluding carboxylic acids is 1. The molecule has 5 nitrogen and oxygen atoms in total. The van der Waals surface area contributed by atoms with E-state index in [1.165, 1.54) is 11.8 Å². The molecule has 0 saturated carbocycles. The van der Waals surface area contributed by atoms with Crippen LogP contribution in [0.2, 0.25) is 0 Å². The summed E-state index contributed by atoms with van der Waals surface area (Å²) in [7, 11) is 3.22. The van der Waals surface area contributed by atoms with Crippen LogP contribution in [0.5, 0.6) is 11.5 Å². The Labute approximate surface area is 169 Å². The van der Waals surface area contributed by atoms with Crippen molar-refractivity contribution in [3.8, 4) is 23.3 Å². The second-order valence-corrected chi connectivity index (χ2v) is 6.70. The largest absolute Gasteiger partial charge is 0.497 e. The van der Waals surface area contributed by atoms with Gasteiger partial charge in [-0.1, -0.05) is 35.9 Å². The van der Waals surface area contributed by atoms with Gasteiger partial charge in [-0.3, -0.25) is 9.69 Å². The molecule has 1 amide bonds. The third-order valence-corrected chi connectivity index (χ3v) is 4.83. The molecule has 0 aromatic heterocycles. The van der Waals surface area contributed by atoms with Crippen molar-refractivity contribution in [3.63, 3.8) is 0 Å². The van der Waals surface area contributed by atoms with Gasteiger partial charge in [0.15, 0.2) is 5.17 Å². The number of anilines is 1. The molecule has 2 aromatic rings. The standard InChI is InChI=1S/C22H20N2O3S/c1-4-5-13-28-22-23-20(14-16-9-11-18(26-2)12-10-16)21(25)24(22)17-7-6-8-19(15-17)27-3/h6-12,14-15H,13H2,1-3H3/b20-14-. The number of aliphatic imine (C=N–C) groups is 1. The molecule has 1 aliphatic rings. The Morgan fingerprint density at radius 2 is 1.86 bits per heavy atom. The van der Waals surface area contributed by atoms with Crippen LogP contribution < -0.4 is 14.4 Å². The minimum absolute atomic E-state index is 0.184. The Kier molecular flexibility index (Phi) is 6.41. The first-order chi connectivity index (χ1) is 13.7. The minimum Gasteiger partial charge on any atom is -0.497 e. The van der Waals surface area contributed by atoms with Gasteiger partial charge in [0.2, 0.25) is 0 Å². The normalized spacial score (nSPS) is 14.5. The molecule has 0 spiro atoms. The zero-order valence-corrected chi connectivity index (χ0v) is 16.7. The van der Waals surface area contributed by atoms with E-state index in [-0.39, 0.29) is 5.91 Å². The third-order valence-electron chi connectivity index (χ3n) is 4.01. The predicted molar refractivity (Wildman–Crippen MR) is 115 cm³/mol. The molecule has 0 unspecified atom stereocenters. The monoisotopic (exact) mass is 392 g/mol. The molecular weight excluding hydrogens is 372 g/mol. The number of amides is 1. The number of thioether (sulfide) groups is 1. The summed E-state index contributed by atoms with van der Waals surface area (Å²) in [5.74, 6) is 7.67. The molecule has 28 heavy (non-hydrogen) atoms. The van der Waals surface area contributed by atoms with E-state index in [4.69, 9.17) is 9.47 Å². The van der Waals surface area contributed by atoms with Crippen LogP contribution in [0.15, 0.2) is 59.2 Å². The lowest BCUT2D eigenvalue weighted by molar-refractivity contribution is -0.113. The highest BCUT2D eigenvalue weighted by atomic mass is 32.2. The number of hydrogen-bond donors (Lipinski definition) is 0. The van der Waals surface area contributed by atoms with E-state index >= 15 is 0 Å². The second-order valence-electron chi connectivity index (χ2n) is 5.75. The van der Waals surface area contributed by atoms with Gasteiger partial charge in [0, 0.05) is 6.07 Å². The first-order valence-electron chi connectivity index (χ1n) is 8.61. The van der Waals surface area contributed by atoms with Crippen LogP contribution in [0.3, 0.4) is 0 Å². The van der Waals surface area contributed by atoms with Crippen LogP contribution in [-0.4, -0.2) is 31.0 Å². The van der Waals surface area contributed by atoms with Crippen LogP contribution in [0.4, 0.5) is 5.69 Å². The van der Waals surface area contributed by atoms with Crippen molar-refractivity contribution in [1.29, 1.82) is 0 Å². The molecule has 1 heterocycles. The quantitative estimate of drug-likeness (QED) is 0.565. The summed E-state index contributed by atoms with van der Waals surface area (Å²) in [5, 5.41) is 0.598. The van der Waals surface area contributed by atoms with Gasteiger partial charge in [0.25, 0.3) is 5.91 Å². The zero-order chi connectivity index (χ0) is 19.9. The highest BCUT2D eigenvalue weighted by Crippen LogP contribution is 2.31. The van der Waals surface area contributed by atoms with E-state index in [2.05, 4.69) is 16.8 Å². The number of carbonyl (C=O) groups is 1. The topological polar surface area (TPSA) is 51.1 Å². The summed E-state index contributed by atoms with van der Waals surface area (Å²) in [6, 6.07) is 14.8. The SMILES string of the molecule is CC#CCSC1=N/C(=C\c2ccc(OC)cc2)C(=O)N1c1cccc(OC)c1. The van der Waals surface area contributed by atoms with Crippen LogP contribution in [0.1, 0.15) is 12.5 Å². The van der Waals surface area contributed by atoms with Crippen molar-refractivity contribution in [2.24, 2.45) is 4.99 Å². The first-order valence-corrected chi connectivity index (χ1v) is 9.60. The average Bonchev–Trinajstić information content (AvgIpc) is 3.04. The molecule has 0 aliphatic carbocycles. The lowest BCUT2D eigenvalue weighted by Crippen LogP contribution is -2.30. The Balaban J connectivity index is 1.96. The third kappa shape index (κ3) is 4.38. The second kappa shape index (κ2) is 9.16. The summed E-state index contributed by atoms with van der Waals surface area (Å²) in [5.41, 5.74) is 1.95. The molecular formula is C22H20N2O3S. The number of ether oxygens (including phenoxy) is 2. The maximum absolute atomic E-state index is 13.1. The van der Waals surface area contributed by atoms with Gasteiger partial charge in [0.05, 0.1) is 25.7 Å². The van der Waals surface area contributed by atoms with Gasteiger partial charge in [-0.15, -0.1) is 5.92 Å². The Bertz CT molecular complexity index is 985. The molecule has 0 bridgehead atoms. The molecule has 2 aromatic carbocycles. The number of amidine groups is 1. The Hall–Kier alpha value is -3.17. The smallest absolute Gasteiger partial charge is 0.283 e. The van der Waals surface area contributed by atoms with Gasteiger partial charge >= 0.3 is 0 Å². The van der Waals surface area contributed by atoms with E-state index in [0.717, 1.165) is 11.3 Å². The molecule has 0 radical (unpaired) electrons. The van der Waals surface area contributed by atoms with E-state index in [1.54, 1.807) is 32.1 Å². The van der Waals surface area contributed by atoms with E-state index in [0.29, 0.717) is 28.1 Å². The molecule has 6 heteroatoms. The fourth-order valence-corrected chi connectivity index (χ4v) is 3.43. The highest BCUT2D eigenvalue weighted by Gasteiger charge is 2.32. The minimum atomic E-state index is -0.184. The van der Waals surface area contributed by atoms with Gasteiger partial charge < -0.3 is 9.47 Å². The number of rotatable bonds is 5. The lowest BCUT2D eigenvalue weighted by atomic mass is 10.2. The maximum Gasteiger partial charge on any atom is 0.283 e. The van der Waals surface area contributed by atoms with Crippen molar-refractivity contribution in [2.75, 3.05) is 24.9 Å². The summed E-state index contributed by atoms with van der Waals surface area (Å²) in [6.07, 6.45) is 1.77. The highest BCUT2D eigenvalue weighted by molar-refractivity contribution is 8.14. The lowest BCUT2D eigenvalue weighted by Gasteiger charge is -2.17. The number of hydrogen-bond acceptors (Lipinski definition) is 5. The summed E-state index contributed by atoms with van der Waals surface area (Å²) < 4.78 is 10.5. The van der Waals surface area contributed by atoms with Gasteiger partial charge in [-0.2, -0.15) is 0 Å². The zero-order valence-electron chi connectivity index (χ0n) is 15.9. The number of methoxy groups -OCH3 is 2. The van der Waals surface area contributed by atoms with E-state index in [9.17, 15) is 4.79 Å².